The number of nitrogens with zero attached hydrogens (tertiary/aromatic N) is 1. The van der Waals surface area contributed by atoms with Crippen molar-refractivity contribution >= 4 is 16.9 Å². The summed E-state index contributed by atoms with van der Waals surface area (Å²) in [5, 5.41) is 13.1. The number of aliphatic hydroxyl groups excluding tert-OH is 1. The number of para-hydroxylation sites is 1. The average Bonchev–Trinajstić information content (AvgIpc) is 2.89. The van der Waals surface area contributed by atoms with Crippen molar-refractivity contribution in [2.45, 2.75) is 19.4 Å². The number of carbonyl (C=O) groups excluding carboxylic acids is 1. The van der Waals surface area contributed by atoms with Gasteiger partial charge in [0, 0.05) is 30.7 Å². The van der Waals surface area contributed by atoms with Crippen molar-refractivity contribution in [3.8, 4) is 0 Å². The Morgan fingerprint density at radius 2 is 2.20 bits per heavy atom. The highest BCUT2D eigenvalue weighted by atomic mass is 16.3. The molecule has 0 spiro atoms. The number of fused-ring (bicyclic) bond motifs is 1. The topological polar surface area (TPSA) is 68.4 Å². The molecule has 3 N–H and O–H groups in total. The van der Waals surface area contributed by atoms with Gasteiger partial charge in [0.2, 0.25) is 0 Å². The van der Waals surface area contributed by atoms with Crippen LogP contribution in [0.25, 0.3) is 10.9 Å². The van der Waals surface area contributed by atoms with Crippen molar-refractivity contribution in [2.24, 2.45) is 0 Å². The molecule has 2 rings (SSSR count). The summed E-state index contributed by atoms with van der Waals surface area (Å²) in [6.45, 7) is 2.34. The normalized spacial score (nSPS) is 12.3. The van der Waals surface area contributed by atoms with Crippen molar-refractivity contribution < 1.29 is 9.90 Å². The Bertz CT molecular complexity index is 579. The highest BCUT2D eigenvalue weighted by molar-refractivity contribution is 5.83. The summed E-state index contributed by atoms with van der Waals surface area (Å²) in [7, 11) is 1.68. The van der Waals surface area contributed by atoms with Gasteiger partial charge in [-0.15, -0.1) is 0 Å². The van der Waals surface area contributed by atoms with Crippen LogP contribution in [0.3, 0.4) is 0 Å². The quantitative estimate of drug-likeness (QED) is 0.778. The molecule has 1 unspecified atom stereocenters. The number of rotatable bonds is 5. The number of urea groups is 1. The van der Waals surface area contributed by atoms with E-state index < -0.39 is 0 Å². The van der Waals surface area contributed by atoms with Gasteiger partial charge >= 0.3 is 6.03 Å². The fourth-order valence-electron chi connectivity index (χ4n) is 2.09. The number of hydrogen-bond donors (Lipinski definition) is 3. The number of benzene rings is 1. The first-order valence-corrected chi connectivity index (χ1v) is 6.80. The highest BCUT2D eigenvalue weighted by Crippen LogP contribution is 2.17. The van der Waals surface area contributed by atoms with Crippen LogP contribution < -0.4 is 5.32 Å². The Labute approximate surface area is 118 Å². The van der Waals surface area contributed by atoms with Crippen LogP contribution in [0.5, 0.6) is 0 Å². The van der Waals surface area contributed by atoms with E-state index in [1.165, 1.54) is 15.8 Å². The molecule has 0 aliphatic carbocycles. The summed E-state index contributed by atoms with van der Waals surface area (Å²) in [5.41, 5.74) is 2.30. The van der Waals surface area contributed by atoms with Gasteiger partial charge in [-0.25, -0.2) is 4.79 Å². The molecule has 0 saturated heterocycles. The maximum absolute atomic E-state index is 11.8. The first kappa shape index (κ1) is 14.4. The molecule has 0 fully saturated rings. The molecule has 5 heteroatoms. The predicted octanol–water partition coefficient (Wildman–Crippen LogP) is 1.73. The minimum absolute atomic E-state index is 0.0353. The summed E-state index contributed by atoms with van der Waals surface area (Å²) >= 11 is 0. The summed E-state index contributed by atoms with van der Waals surface area (Å²) in [6.07, 6.45) is 2.76. The van der Waals surface area contributed by atoms with E-state index in [9.17, 15) is 4.79 Å². The fourth-order valence-corrected chi connectivity index (χ4v) is 2.09. The lowest BCUT2D eigenvalue weighted by Crippen LogP contribution is -2.44. The Morgan fingerprint density at radius 1 is 1.45 bits per heavy atom. The smallest absolute Gasteiger partial charge is 0.317 e. The van der Waals surface area contributed by atoms with Crippen molar-refractivity contribution in [1.29, 1.82) is 0 Å². The van der Waals surface area contributed by atoms with Gasteiger partial charge in [-0.2, -0.15) is 0 Å². The van der Waals surface area contributed by atoms with Gasteiger partial charge in [0.1, 0.15) is 0 Å². The first-order valence-electron chi connectivity index (χ1n) is 6.80. The van der Waals surface area contributed by atoms with E-state index >= 15 is 0 Å². The Balaban J connectivity index is 1.88. The zero-order chi connectivity index (χ0) is 14.5. The molecule has 108 valence electrons. The van der Waals surface area contributed by atoms with Gasteiger partial charge < -0.3 is 20.3 Å². The molecular formula is C15H21N3O2. The second-order valence-corrected chi connectivity index (χ2v) is 4.98. The minimum atomic E-state index is -0.178. The molecule has 0 bridgehead atoms. The van der Waals surface area contributed by atoms with Gasteiger partial charge in [0.05, 0.1) is 12.6 Å². The third kappa shape index (κ3) is 3.11. The molecule has 0 radical (unpaired) electrons. The molecule has 0 aliphatic heterocycles. The second kappa shape index (κ2) is 6.43. The van der Waals surface area contributed by atoms with Crippen molar-refractivity contribution in [2.75, 3.05) is 20.2 Å². The van der Waals surface area contributed by atoms with Crippen molar-refractivity contribution in [3.63, 3.8) is 0 Å². The molecule has 2 amide bonds. The molecule has 1 heterocycles. The van der Waals surface area contributed by atoms with Crippen LogP contribution in [0.2, 0.25) is 0 Å². The van der Waals surface area contributed by atoms with E-state index in [0.29, 0.717) is 6.54 Å². The van der Waals surface area contributed by atoms with E-state index in [2.05, 4.69) is 16.4 Å². The van der Waals surface area contributed by atoms with Gasteiger partial charge in [-0.3, -0.25) is 0 Å². The first-order chi connectivity index (χ1) is 9.63. The van der Waals surface area contributed by atoms with Crippen LogP contribution in [0, 0.1) is 0 Å². The van der Waals surface area contributed by atoms with Gasteiger partial charge in [0.15, 0.2) is 0 Å². The molecule has 5 nitrogen and oxygen atoms in total. The summed E-state index contributed by atoms with van der Waals surface area (Å²) in [6, 6.07) is 7.77. The van der Waals surface area contributed by atoms with Crippen LogP contribution in [0.4, 0.5) is 4.79 Å². The molecule has 20 heavy (non-hydrogen) atoms. The van der Waals surface area contributed by atoms with E-state index in [-0.39, 0.29) is 18.7 Å². The standard InChI is InChI=1S/C15H21N3O2/c1-11(10-19)18(2)15(20)16-8-7-12-9-17-14-6-4-3-5-13(12)14/h3-6,9,11,17,19H,7-8,10H2,1-2H3,(H,16,20). The zero-order valence-corrected chi connectivity index (χ0v) is 11.9. The number of nitrogens with one attached hydrogen (secondary N) is 2. The maximum atomic E-state index is 11.8. The highest BCUT2D eigenvalue weighted by Gasteiger charge is 2.14. The molecule has 0 saturated carbocycles. The van der Waals surface area contributed by atoms with Crippen LogP contribution in [-0.2, 0) is 6.42 Å². The number of aliphatic hydroxyl groups is 1. The fraction of sp³-hybridized carbons (Fsp3) is 0.400. The van der Waals surface area contributed by atoms with Crippen LogP contribution >= 0.6 is 0 Å². The predicted molar refractivity (Wildman–Crippen MR) is 79.7 cm³/mol. The lowest BCUT2D eigenvalue weighted by Gasteiger charge is -2.23. The number of aromatic nitrogens is 1. The maximum Gasteiger partial charge on any atom is 0.317 e. The third-order valence-corrected chi connectivity index (χ3v) is 3.59. The molecular weight excluding hydrogens is 254 g/mol. The van der Waals surface area contributed by atoms with E-state index in [4.69, 9.17) is 5.11 Å². The second-order valence-electron chi connectivity index (χ2n) is 4.98. The number of amides is 2. The number of likely N-dealkylation sites (N-methyl/N-ethyl adjacent to an activating group) is 1. The monoisotopic (exact) mass is 275 g/mol. The number of carbonyl (C=O) groups is 1. The largest absolute Gasteiger partial charge is 0.394 e. The number of aromatic amines is 1. The van der Waals surface area contributed by atoms with Crippen molar-refractivity contribution in [1.82, 2.24) is 15.2 Å². The number of H-pyrrole nitrogens is 1. The lowest BCUT2D eigenvalue weighted by atomic mass is 10.1. The van der Waals surface area contributed by atoms with Crippen LogP contribution in [-0.4, -0.2) is 47.3 Å². The van der Waals surface area contributed by atoms with Crippen molar-refractivity contribution in [3.05, 3.63) is 36.0 Å². The molecule has 2 aromatic rings. The van der Waals surface area contributed by atoms with E-state index in [0.717, 1.165) is 11.9 Å². The van der Waals surface area contributed by atoms with E-state index in [1.54, 1.807) is 14.0 Å². The third-order valence-electron chi connectivity index (χ3n) is 3.59. The van der Waals surface area contributed by atoms with Gasteiger partial charge in [0.25, 0.3) is 0 Å². The van der Waals surface area contributed by atoms with Crippen LogP contribution in [0.15, 0.2) is 30.5 Å². The summed E-state index contributed by atoms with van der Waals surface area (Å²) in [5.74, 6) is 0. The molecule has 0 aliphatic rings. The summed E-state index contributed by atoms with van der Waals surface area (Å²) in [4.78, 5) is 16.6. The molecule has 1 aromatic heterocycles. The average molecular weight is 275 g/mol. The van der Waals surface area contributed by atoms with Gasteiger partial charge in [-0.1, -0.05) is 18.2 Å². The molecule has 1 atom stereocenters. The lowest BCUT2D eigenvalue weighted by molar-refractivity contribution is 0.157. The van der Waals surface area contributed by atoms with Crippen LogP contribution in [0.1, 0.15) is 12.5 Å². The summed E-state index contributed by atoms with van der Waals surface area (Å²) < 4.78 is 0. The van der Waals surface area contributed by atoms with E-state index in [1.807, 2.05) is 24.4 Å². The number of hydrogen-bond acceptors (Lipinski definition) is 2. The Morgan fingerprint density at radius 3 is 2.95 bits per heavy atom. The zero-order valence-electron chi connectivity index (χ0n) is 11.9. The van der Waals surface area contributed by atoms with Gasteiger partial charge in [-0.05, 0) is 25.0 Å². The Kier molecular flexibility index (Phi) is 4.63. The molecule has 1 aromatic carbocycles. The SMILES string of the molecule is CC(CO)N(C)C(=O)NCCc1c[nH]c2ccccc12. The Hall–Kier alpha value is -2.01. The minimum Gasteiger partial charge on any atom is -0.394 e.